The Balaban J connectivity index is 1.96. The maximum Gasteiger partial charge on any atom is 0.247 e. The zero-order valence-electron chi connectivity index (χ0n) is 21.7. The van der Waals surface area contributed by atoms with E-state index in [-0.39, 0.29) is 29.8 Å². The van der Waals surface area contributed by atoms with E-state index in [0.29, 0.717) is 30.0 Å². The van der Waals surface area contributed by atoms with Gasteiger partial charge in [0, 0.05) is 12.6 Å². The molecule has 1 saturated carbocycles. The number of carbonyl (C=O) groups excluding carboxylic acids is 2. The van der Waals surface area contributed by atoms with Crippen LogP contribution >= 0.6 is 11.6 Å². The van der Waals surface area contributed by atoms with Crippen LogP contribution < -0.4 is 14.8 Å². The molecule has 196 valence electrons. The summed E-state index contributed by atoms with van der Waals surface area (Å²) < 4.78 is 11.5. The van der Waals surface area contributed by atoms with Gasteiger partial charge in [0.15, 0.2) is 11.5 Å². The number of benzene rings is 2. The second kappa shape index (κ2) is 14.1. The predicted molar refractivity (Wildman–Crippen MR) is 144 cm³/mol. The average Bonchev–Trinajstić information content (AvgIpc) is 3.15. The zero-order chi connectivity index (χ0) is 25.9. The van der Waals surface area contributed by atoms with Crippen molar-refractivity contribution >= 4 is 23.4 Å². The molecule has 1 N–H and O–H groups in total. The molecule has 2 amide bonds. The Kier molecular flexibility index (Phi) is 10.9. The molecule has 2 aromatic rings. The third-order valence-corrected chi connectivity index (χ3v) is 6.78. The minimum atomic E-state index is -0.829. The van der Waals surface area contributed by atoms with Crippen molar-refractivity contribution in [2.45, 2.75) is 77.0 Å². The summed E-state index contributed by atoms with van der Waals surface area (Å²) in [7, 11) is 1.57. The molecule has 0 unspecified atom stereocenters. The summed E-state index contributed by atoms with van der Waals surface area (Å²) in [5, 5.41) is 3.25. The Hall–Kier alpha value is -2.73. The molecule has 1 aliphatic rings. The van der Waals surface area contributed by atoms with Crippen molar-refractivity contribution in [2.24, 2.45) is 0 Å². The molecule has 0 heterocycles. The van der Waals surface area contributed by atoms with Crippen LogP contribution in [0, 0.1) is 0 Å². The molecule has 0 spiro atoms. The minimum Gasteiger partial charge on any atom is -0.493 e. The molecule has 0 saturated heterocycles. The van der Waals surface area contributed by atoms with Crippen LogP contribution in [0.15, 0.2) is 48.5 Å². The smallest absolute Gasteiger partial charge is 0.247 e. The standard InChI is InChI=1S/C29H39ClN2O4/c1-21(2)36-25-16-15-23(19-26(25)35-3)28(29(34)31-24-13-9-4-5-10-14-24)32(27(33)20-30)18-17-22-11-7-6-8-12-22/h6-8,11-12,15-16,19,21,24,28H,4-5,9-10,13-14,17-18,20H2,1-3H3,(H,31,34)/t28-/m0/s1. The van der Waals surface area contributed by atoms with Crippen molar-refractivity contribution in [1.82, 2.24) is 10.2 Å². The molecule has 6 nitrogen and oxygen atoms in total. The second-order valence-electron chi connectivity index (χ2n) is 9.63. The van der Waals surface area contributed by atoms with Gasteiger partial charge < -0.3 is 19.7 Å². The Morgan fingerprint density at radius 3 is 2.33 bits per heavy atom. The van der Waals surface area contributed by atoms with E-state index in [4.69, 9.17) is 21.1 Å². The molecule has 7 heteroatoms. The van der Waals surface area contributed by atoms with Crippen LogP contribution in [-0.2, 0) is 16.0 Å². The third kappa shape index (κ3) is 7.89. The van der Waals surface area contributed by atoms with Gasteiger partial charge in [-0.1, -0.05) is 62.1 Å². The van der Waals surface area contributed by atoms with Crippen LogP contribution in [0.2, 0.25) is 0 Å². The largest absolute Gasteiger partial charge is 0.493 e. The lowest BCUT2D eigenvalue weighted by Gasteiger charge is -2.32. The van der Waals surface area contributed by atoms with Crippen molar-refractivity contribution in [1.29, 1.82) is 0 Å². The Bertz CT molecular complexity index is 974. The number of nitrogens with one attached hydrogen (secondary N) is 1. The van der Waals surface area contributed by atoms with E-state index in [1.807, 2.05) is 50.2 Å². The van der Waals surface area contributed by atoms with Gasteiger partial charge in [0.1, 0.15) is 11.9 Å². The first kappa shape index (κ1) is 27.9. The number of carbonyl (C=O) groups is 2. The van der Waals surface area contributed by atoms with Gasteiger partial charge in [-0.3, -0.25) is 9.59 Å². The lowest BCUT2D eigenvalue weighted by atomic mass is 10.0. The normalized spacial score (nSPS) is 15.1. The molecule has 3 rings (SSSR count). The van der Waals surface area contributed by atoms with Gasteiger partial charge in [-0.05, 0) is 56.4 Å². The van der Waals surface area contributed by atoms with Gasteiger partial charge in [0.25, 0.3) is 0 Å². The van der Waals surface area contributed by atoms with E-state index < -0.39 is 6.04 Å². The van der Waals surface area contributed by atoms with Crippen LogP contribution in [0.25, 0.3) is 0 Å². The molecule has 2 aromatic carbocycles. The third-order valence-electron chi connectivity index (χ3n) is 6.55. The number of nitrogens with zero attached hydrogens (tertiary/aromatic N) is 1. The number of methoxy groups -OCH3 is 1. The summed E-state index contributed by atoms with van der Waals surface area (Å²) in [5.41, 5.74) is 1.76. The number of hydrogen-bond donors (Lipinski definition) is 1. The molecular weight excluding hydrogens is 476 g/mol. The molecule has 1 aliphatic carbocycles. The summed E-state index contributed by atoms with van der Waals surface area (Å²) in [6, 6.07) is 14.7. The molecule has 0 aliphatic heterocycles. The van der Waals surface area contributed by atoms with Gasteiger partial charge in [-0.25, -0.2) is 0 Å². The molecule has 0 bridgehead atoms. The fourth-order valence-electron chi connectivity index (χ4n) is 4.75. The van der Waals surface area contributed by atoms with Crippen LogP contribution in [0.1, 0.15) is 69.5 Å². The fourth-order valence-corrected chi connectivity index (χ4v) is 4.90. The quantitative estimate of drug-likeness (QED) is 0.310. The fraction of sp³-hybridized carbons (Fsp3) is 0.517. The number of amides is 2. The summed E-state index contributed by atoms with van der Waals surface area (Å²) >= 11 is 6.05. The lowest BCUT2D eigenvalue weighted by molar-refractivity contribution is -0.139. The molecule has 0 radical (unpaired) electrons. The topological polar surface area (TPSA) is 67.9 Å². The van der Waals surface area contributed by atoms with Crippen molar-refractivity contribution < 1.29 is 19.1 Å². The summed E-state index contributed by atoms with van der Waals surface area (Å²) in [6.07, 6.45) is 7.08. The SMILES string of the molecule is COc1cc([C@@H](C(=O)NC2CCCCCC2)N(CCc2ccccc2)C(=O)CCl)ccc1OC(C)C. The molecule has 36 heavy (non-hydrogen) atoms. The number of rotatable bonds is 11. The Labute approximate surface area is 220 Å². The van der Waals surface area contributed by atoms with Crippen LogP contribution in [-0.4, -0.2) is 48.4 Å². The van der Waals surface area contributed by atoms with E-state index in [2.05, 4.69) is 5.32 Å². The number of halogens is 1. The lowest BCUT2D eigenvalue weighted by Crippen LogP contribution is -2.47. The molecule has 0 aromatic heterocycles. The van der Waals surface area contributed by atoms with Crippen molar-refractivity contribution in [3.63, 3.8) is 0 Å². The van der Waals surface area contributed by atoms with Crippen LogP contribution in [0.3, 0.4) is 0 Å². The van der Waals surface area contributed by atoms with E-state index in [0.717, 1.165) is 31.2 Å². The summed E-state index contributed by atoms with van der Waals surface area (Å²) in [6.45, 7) is 4.26. The van der Waals surface area contributed by atoms with Gasteiger partial charge in [0.2, 0.25) is 11.8 Å². The predicted octanol–water partition coefficient (Wildman–Crippen LogP) is 5.67. The molecule has 1 fully saturated rings. The highest BCUT2D eigenvalue weighted by atomic mass is 35.5. The number of ether oxygens (including phenoxy) is 2. The van der Waals surface area contributed by atoms with Crippen LogP contribution in [0.5, 0.6) is 11.5 Å². The monoisotopic (exact) mass is 514 g/mol. The van der Waals surface area contributed by atoms with Crippen molar-refractivity contribution in [3.05, 3.63) is 59.7 Å². The summed E-state index contributed by atoms with van der Waals surface area (Å²) in [5.74, 6) is 0.449. The van der Waals surface area contributed by atoms with E-state index in [1.165, 1.54) is 12.8 Å². The highest BCUT2D eigenvalue weighted by molar-refractivity contribution is 6.27. The van der Waals surface area contributed by atoms with Gasteiger partial charge in [0.05, 0.1) is 13.2 Å². The van der Waals surface area contributed by atoms with Crippen LogP contribution in [0.4, 0.5) is 0 Å². The van der Waals surface area contributed by atoms with Crippen molar-refractivity contribution in [2.75, 3.05) is 19.5 Å². The van der Waals surface area contributed by atoms with Gasteiger partial charge >= 0.3 is 0 Å². The maximum atomic E-state index is 13.8. The van der Waals surface area contributed by atoms with E-state index >= 15 is 0 Å². The molecular formula is C29H39ClN2O4. The van der Waals surface area contributed by atoms with Crippen molar-refractivity contribution in [3.8, 4) is 11.5 Å². The first-order valence-electron chi connectivity index (χ1n) is 13.0. The first-order chi connectivity index (χ1) is 17.4. The summed E-state index contributed by atoms with van der Waals surface area (Å²) in [4.78, 5) is 28.6. The maximum absolute atomic E-state index is 13.8. The van der Waals surface area contributed by atoms with E-state index in [1.54, 1.807) is 24.1 Å². The number of hydrogen-bond acceptors (Lipinski definition) is 4. The first-order valence-corrected chi connectivity index (χ1v) is 13.5. The van der Waals surface area contributed by atoms with Gasteiger partial charge in [-0.15, -0.1) is 11.6 Å². The zero-order valence-corrected chi connectivity index (χ0v) is 22.4. The minimum absolute atomic E-state index is 0.0284. The van der Waals surface area contributed by atoms with E-state index in [9.17, 15) is 9.59 Å². The average molecular weight is 515 g/mol. The Morgan fingerprint density at radius 1 is 1.03 bits per heavy atom. The van der Waals surface area contributed by atoms with Gasteiger partial charge in [-0.2, -0.15) is 0 Å². The Morgan fingerprint density at radius 2 is 1.72 bits per heavy atom. The number of alkyl halides is 1. The molecule has 1 atom stereocenters. The highest BCUT2D eigenvalue weighted by Crippen LogP contribution is 2.34. The highest BCUT2D eigenvalue weighted by Gasteiger charge is 2.33. The second-order valence-corrected chi connectivity index (χ2v) is 9.90.